The third kappa shape index (κ3) is 3.29. The Morgan fingerprint density at radius 2 is 1.75 bits per heavy atom. The molecule has 128 valence electrons. The molecule has 1 saturated heterocycles. The molecule has 1 N–H and O–H groups in total. The average molecular weight is 331 g/mol. The molecule has 7 heteroatoms. The Kier molecular flexibility index (Phi) is 5.33. The Bertz CT molecular complexity index is 699. The fourth-order valence-electron chi connectivity index (χ4n) is 2.64. The van der Waals surface area contributed by atoms with E-state index in [1.54, 1.807) is 6.92 Å². The number of imide groups is 2. The van der Waals surface area contributed by atoms with Gasteiger partial charge in [-0.15, -0.1) is 0 Å². The largest absolute Gasteiger partial charge is 0.334 e. The van der Waals surface area contributed by atoms with Crippen LogP contribution < -0.4 is 5.32 Å². The van der Waals surface area contributed by atoms with Gasteiger partial charge >= 0.3 is 17.8 Å². The van der Waals surface area contributed by atoms with E-state index >= 15 is 0 Å². The second kappa shape index (κ2) is 7.25. The Morgan fingerprint density at radius 1 is 1.08 bits per heavy atom. The second-order valence-corrected chi connectivity index (χ2v) is 5.64. The first kappa shape index (κ1) is 17.7. The van der Waals surface area contributed by atoms with Crippen molar-refractivity contribution in [3.8, 4) is 0 Å². The molecule has 1 heterocycles. The summed E-state index contributed by atoms with van der Waals surface area (Å²) < 4.78 is 0. The van der Waals surface area contributed by atoms with E-state index in [0.717, 1.165) is 22.4 Å². The Balaban J connectivity index is 2.12. The number of para-hydroxylation sites is 1. The molecule has 2 rings (SSSR count). The van der Waals surface area contributed by atoms with Crippen molar-refractivity contribution in [2.45, 2.75) is 33.6 Å². The minimum Gasteiger partial charge on any atom is -0.324 e. The number of hydrogen-bond acceptors (Lipinski definition) is 4. The van der Waals surface area contributed by atoms with Gasteiger partial charge in [0, 0.05) is 12.2 Å². The normalized spacial score (nSPS) is 14.5. The number of benzene rings is 1. The monoisotopic (exact) mass is 331 g/mol. The maximum atomic E-state index is 12.3. The van der Waals surface area contributed by atoms with Gasteiger partial charge in [0.25, 0.3) is 0 Å². The number of amides is 5. The number of nitrogens with zero attached hydrogens (tertiary/aromatic N) is 2. The highest BCUT2D eigenvalue weighted by molar-refractivity contribution is 6.45. The summed E-state index contributed by atoms with van der Waals surface area (Å²) in [5.74, 6) is -2.34. The third-order valence-corrected chi connectivity index (χ3v) is 3.89. The van der Waals surface area contributed by atoms with E-state index in [1.807, 2.05) is 32.0 Å². The summed E-state index contributed by atoms with van der Waals surface area (Å²) in [6.07, 6.45) is 1.29. The van der Waals surface area contributed by atoms with E-state index in [-0.39, 0.29) is 6.54 Å². The summed E-state index contributed by atoms with van der Waals surface area (Å²) in [6.45, 7) is 5.33. The summed E-state index contributed by atoms with van der Waals surface area (Å²) in [4.78, 5) is 49.7. The molecule has 0 aromatic heterocycles. The highest BCUT2D eigenvalue weighted by atomic mass is 16.2. The molecule has 0 radical (unpaired) electrons. The van der Waals surface area contributed by atoms with Crippen LogP contribution in [0.3, 0.4) is 0 Å². The van der Waals surface area contributed by atoms with Crippen LogP contribution in [-0.4, -0.2) is 46.6 Å². The number of carbonyl (C=O) groups excluding carboxylic acids is 4. The molecule has 0 bridgehead atoms. The molecule has 5 amide bonds. The number of hydrogen-bond donors (Lipinski definition) is 1. The van der Waals surface area contributed by atoms with Crippen LogP contribution in [0.4, 0.5) is 10.5 Å². The second-order valence-electron chi connectivity index (χ2n) is 5.64. The number of anilines is 1. The van der Waals surface area contributed by atoms with E-state index in [0.29, 0.717) is 17.0 Å². The first-order valence-electron chi connectivity index (χ1n) is 7.96. The van der Waals surface area contributed by atoms with Crippen molar-refractivity contribution >= 4 is 29.4 Å². The molecule has 0 unspecified atom stereocenters. The number of rotatable bonds is 6. The van der Waals surface area contributed by atoms with Gasteiger partial charge in [-0.2, -0.15) is 0 Å². The highest BCUT2D eigenvalue weighted by Crippen LogP contribution is 2.21. The zero-order valence-corrected chi connectivity index (χ0v) is 14.1. The van der Waals surface area contributed by atoms with E-state index < -0.39 is 30.3 Å². The van der Waals surface area contributed by atoms with Gasteiger partial charge in [0.15, 0.2) is 0 Å². The van der Waals surface area contributed by atoms with E-state index in [2.05, 4.69) is 5.32 Å². The average Bonchev–Trinajstić information content (AvgIpc) is 2.75. The van der Waals surface area contributed by atoms with Gasteiger partial charge in [0.1, 0.15) is 6.54 Å². The molecule has 0 saturated carbocycles. The van der Waals surface area contributed by atoms with E-state index in [9.17, 15) is 19.2 Å². The molecule has 1 aromatic rings. The summed E-state index contributed by atoms with van der Waals surface area (Å²) in [7, 11) is 0. The lowest BCUT2D eigenvalue weighted by Gasteiger charge is -2.16. The number of aryl methyl sites for hydroxylation is 2. The molecular formula is C17H21N3O4. The number of urea groups is 1. The number of carbonyl (C=O) groups is 4. The molecule has 7 nitrogen and oxygen atoms in total. The molecule has 24 heavy (non-hydrogen) atoms. The lowest BCUT2D eigenvalue weighted by molar-refractivity contribution is -0.143. The minimum absolute atomic E-state index is 0.166. The van der Waals surface area contributed by atoms with Crippen molar-refractivity contribution in [1.82, 2.24) is 9.80 Å². The maximum Gasteiger partial charge on any atom is 0.334 e. The van der Waals surface area contributed by atoms with Crippen LogP contribution in [0.5, 0.6) is 0 Å². The van der Waals surface area contributed by atoms with Gasteiger partial charge in [-0.1, -0.05) is 32.0 Å². The van der Waals surface area contributed by atoms with E-state index in [1.165, 1.54) is 0 Å². The van der Waals surface area contributed by atoms with Crippen molar-refractivity contribution in [3.63, 3.8) is 0 Å². The van der Waals surface area contributed by atoms with Crippen LogP contribution in [0.25, 0.3) is 0 Å². The van der Waals surface area contributed by atoms with Gasteiger partial charge in [0.05, 0.1) is 0 Å². The van der Waals surface area contributed by atoms with Crippen molar-refractivity contribution in [1.29, 1.82) is 0 Å². The minimum atomic E-state index is -0.955. The molecule has 0 aliphatic carbocycles. The van der Waals surface area contributed by atoms with Crippen LogP contribution >= 0.6 is 0 Å². The predicted molar refractivity (Wildman–Crippen MR) is 88.3 cm³/mol. The molecule has 1 aromatic carbocycles. The summed E-state index contributed by atoms with van der Waals surface area (Å²) >= 11 is 0. The van der Waals surface area contributed by atoms with Gasteiger partial charge in [-0.3, -0.25) is 19.3 Å². The summed E-state index contributed by atoms with van der Waals surface area (Å²) in [6, 6.07) is 4.94. The molecular weight excluding hydrogens is 310 g/mol. The standard InChI is InChI=1S/C17H21N3O4/c1-4-9-19-15(22)16(23)20(17(19)24)10-13(21)18-14-11(3)7-6-8-12(14)5-2/h6-8H,4-5,9-10H2,1-3H3,(H,18,21). The summed E-state index contributed by atoms with van der Waals surface area (Å²) in [5, 5.41) is 2.74. The van der Waals surface area contributed by atoms with Crippen LogP contribution in [0.15, 0.2) is 18.2 Å². The first-order chi connectivity index (χ1) is 11.4. The Morgan fingerprint density at radius 3 is 2.38 bits per heavy atom. The van der Waals surface area contributed by atoms with Crippen molar-refractivity contribution in [2.75, 3.05) is 18.4 Å². The smallest absolute Gasteiger partial charge is 0.324 e. The van der Waals surface area contributed by atoms with Crippen LogP contribution in [0, 0.1) is 6.92 Å². The predicted octanol–water partition coefficient (Wildman–Crippen LogP) is 1.70. The van der Waals surface area contributed by atoms with Gasteiger partial charge in [-0.05, 0) is 30.9 Å². The maximum absolute atomic E-state index is 12.3. The molecule has 0 spiro atoms. The molecule has 1 aliphatic rings. The van der Waals surface area contributed by atoms with Crippen molar-refractivity contribution in [3.05, 3.63) is 29.3 Å². The third-order valence-electron chi connectivity index (χ3n) is 3.89. The quantitative estimate of drug-likeness (QED) is 0.635. The summed E-state index contributed by atoms with van der Waals surface area (Å²) in [5.41, 5.74) is 2.54. The molecule has 1 aliphatic heterocycles. The lowest BCUT2D eigenvalue weighted by atomic mass is 10.1. The van der Waals surface area contributed by atoms with Crippen molar-refractivity contribution in [2.24, 2.45) is 0 Å². The Hall–Kier alpha value is -2.70. The molecule has 1 fully saturated rings. The Labute approximate surface area is 140 Å². The zero-order valence-electron chi connectivity index (χ0n) is 14.1. The number of nitrogens with one attached hydrogen (secondary N) is 1. The van der Waals surface area contributed by atoms with E-state index in [4.69, 9.17) is 0 Å². The van der Waals surface area contributed by atoms with Gasteiger partial charge in [-0.25, -0.2) is 9.69 Å². The fourth-order valence-corrected chi connectivity index (χ4v) is 2.64. The molecule has 0 atom stereocenters. The van der Waals surface area contributed by atoms with Gasteiger partial charge in [0.2, 0.25) is 5.91 Å². The fraction of sp³-hybridized carbons (Fsp3) is 0.412. The highest BCUT2D eigenvalue weighted by Gasteiger charge is 2.44. The first-order valence-corrected chi connectivity index (χ1v) is 7.96. The van der Waals surface area contributed by atoms with Gasteiger partial charge < -0.3 is 5.32 Å². The SMILES string of the molecule is CCCN1C(=O)C(=O)N(CC(=O)Nc2c(C)cccc2CC)C1=O. The van der Waals surface area contributed by atoms with Crippen molar-refractivity contribution < 1.29 is 19.2 Å². The van der Waals surface area contributed by atoms with Crippen LogP contribution in [0.2, 0.25) is 0 Å². The topological polar surface area (TPSA) is 86.8 Å². The zero-order chi connectivity index (χ0) is 17.9. The lowest BCUT2D eigenvalue weighted by Crippen LogP contribution is -2.39. The van der Waals surface area contributed by atoms with Crippen LogP contribution in [-0.2, 0) is 20.8 Å². The van der Waals surface area contributed by atoms with Crippen LogP contribution in [0.1, 0.15) is 31.4 Å².